The predicted octanol–water partition coefficient (Wildman–Crippen LogP) is 0.587. The number of urea groups is 1. The molecule has 0 bridgehead atoms. The normalized spacial score (nSPS) is 23.3. The summed E-state index contributed by atoms with van der Waals surface area (Å²) in [7, 11) is 2.09. The zero-order valence-electron chi connectivity index (χ0n) is 11.5. The Hall–Kier alpha value is -1.30. The number of carboxylic acid groups (broad SMARTS) is 1. The summed E-state index contributed by atoms with van der Waals surface area (Å²) in [6, 6.07) is 0.156. The van der Waals surface area contributed by atoms with Crippen molar-refractivity contribution in [1.29, 1.82) is 0 Å². The van der Waals surface area contributed by atoms with Gasteiger partial charge in [0.2, 0.25) is 0 Å². The topological polar surface area (TPSA) is 72.9 Å². The van der Waals surface area contributed by atoms with Gasteiger partial charge in [0.1, 0.15) is 0 Å². The van der Waals surface area contributed by atoms with Crippen LogP contribution in [0.25, 0.3) is 0 Å². The van der Waals surface area contributed by atoms with E-state index in [9.17, 15) is 9.59 Å². The summed E-state index contributed by atoms with van der Waals surface area (Å²) in [6.45, 7) is 3.13. The smallest absolute Gasteiger partial charge is 0.317 e. The van der Waals surface area contributed by atoms with Crippen LogP contribution in [0, 0.1) is 5.92 Å². The van der Waals surface area contributed by atoms with Gasteiger partial charge in [-0.2, -0.15) is 0 Å². The minimum Gasteiger partial charge on any atom is -0.481 e. The molecule has 2 amide bonds. The van der Waals surface area contributed by atoms with E-state index in [-0.39, 0.29) is 18.5 Å². The first-order valence-electron chi connectivity index (χ1n) is 7.01. The van der Waals surface area contributed by atoms with E-state index in [0.29, 0.717) is 19.0 Å². The summed E-state index contributed by atoms with van der Waals surface area (Å²) in [4.78, 5) is 26.6. The molecule has 1 aliphatic carbocycles. The Morgan fingerprint density at radius 1 is 1.37 bits per heavy atom. The molecular formula is C13H23N3O3. The van der Waals surface area contributed by atoms with Crippen LogP contribution in [0.15, 0.2) is 0 Å². The summed E-state index contributed by atoms with van der Waals surface area (Å²) in [5.41, 5.74) is 0. The Morgan fingerprint density at radius 3 is 2.63 bits per heavy atom. The molecule has 0 aromatic carbocycles. The molecule has 2 fully saturated rings. The number of hydrogen-bond acceptors (Lipinski definition) is 3. The molecule has 0 aromatic heterocycles. The van der Waals surface area contributed by atoms with Crippen LogP contribution in [0.3, 0.4) is 0 Å². The number of nitrogens with one attached hydrogen (secondary N) is 1. The van der Waals surface area contributed by atoms with Crippen molar-refractivity contribution in [3.8, 4) is 0 Å². The number of likely N-dealkylation sites (tertiary alicyclic amines) is 1. The highest BCUT2D eigenvalue weighted by Crippen LogP contribution is 2.27. The van der Waals surface area contributed by atoms with Gasteiger partial charge in [-0.05, 0) is 38.8 Å². The fourth-order valence-corrected chi connectivity index (χ4v) is 2.58. The minimum absolute atomic E-state index is 0.0239. The number of carbonyl (C=O) groups is 2. The maximum absolute atomic E-state index is 12.1. The number of carbonyl (C=O) groups excluding carboxylic acids is 1. The summed E-state index contributed by atoms with van der Waals surface area (Å²) in [5.74, 6) is -0.328. The van der Waals surface area contributed by atoms with Gasteiger partial charge in [-0.3, -0.25) is 4.79 Å². The monoisotopic (exact) mass is 269 g/mol. The molecule has 1 atom stereocenters. The number of amides is 2. The Labute approximate surface area is 113 Å². The van der Waals surface area contributed by atoms with Gasteiger partial charge in [0.05, 0.1) is 6.42 Å². The second-order valence-electron chi connectivity index (χ2n) is 5.67. The standard InChI is InChI=1S/C13H23N3O3/c1-15-6-4-10(9-15)8-14-13(19)16(11-2-3-11)7-5-12(17)18/h10-11H,2-9H2,1H3,(H,14,19)(H,17,18). The number of aliphatic carboxylic acids is 1. The molecule has 2 N–H and O–H groups in total. The maximum Gasteiger partial charge on any atom is 0.317 e. The van der Waals surface area contributed by atoms with Gasteiger partial charge < -0.3 is 20.2 Å². The van der Waals surface area contributed by atoms with Gasteiger partial charge in [-0.1, -0.05) is 0 Å². The van der Waals surface area contributed by atoms with Crippen molar-refractivity contribution < 1.29 is 14.7 Å². The molecule has 0 radical (unpaired) electrons. The predicted molar refractivity (Wildman–Crippen MR) is 71.0 cm³/mol. The van der Waals surface area contributed by atoms with E-state index in [1.165, 1.54) is 0 Å². The molecule has 6 heteroatoms. The number of nitrogens with zero attached hydrogens (tertiary/aromatic N) is 2. The molecule has 1 aliphatic heterocycles. The van der Waals surface area contributed by atoms with Crippen LogP contribution in [0.1, 0.15) is 25.7 Å². The average Bonchev–Trinajstić information content (AvgIpc) is 3.09. The Bertz CT molecular complexity index is 344. The van der Waals surface area contributed by atoms with Crippen LogP contribution < -0.4 is 5.32 Å². The largest absolute Gasteiger partial charge is 0.481 e. The van der Waals surface area contributed by atoms with Crippen molar-refractivity contribution in [1.82, 2.24) is 15.1 Å². The molecule has 19 heavy (non-hydrogen) atoms. The van der Waals surface area contributed by atoms with E-state index in [2.05, 4.69) is 17.3 Å². The lowest BCUT2D eigenvalue weighted by molar-refractivity contribution is -0.137. The molecule has 0 spiro atoms. The van der Waals surface area contributed by atoms with Gasteiger partial charge in [0.15, 0.2) is 0 Å². The highest BCUT2D eigenvalue weighted by atomic mass is 16.4. The van der Waals surface area contributed by atoms with Crippen molar-refractivity contribution in [2.45, 2.75) is 31.7 Å². The van der Waals surface area contributed by atoms with Crippen molar-refractivity contribution in [3.63, 3.8) is 0 Å². The fraction of sp³-hybridized carbons (Fsp3) is 0.846. The molecule has 1 heterocycles. The van der Waals surface area contributed by atoms with Crippen LogP contribution >= 0.6 is 0 Å². The average molecular weight is 269 g/mol. The Kier molecular flexibility index (Phi) is 4.63. The molecule has 2 aliphatic rings. The first kappa shape index (κ1) is 14.1. The summed E-state index contributed by atoms with van der Waals surface area (Å²) in [6.07, 6.45) is 3.14. The number of hydrogen-bond donors (Lipinski definition) is 2. The van der Waals surface area contributed by atoms with Gasteiger partial charge >= 0.3 is 12.0 Å². The summed E-state index contributed by atoms with van der Waals surface area (Å²) < 4.78 is 0. The van der Waals surface area contributed by atoms with Crippen molar-refractivity contribution in [3.05, 3.63) is 0 Å². The SMILES string of the molecule is CN1CCC(CNC(=O)N(CCC(=O)O)C2CC2)C1. The molecule has 2 rings (SSSR count). The molecule has 1 unspecified atom stereocenters. The van der Waals surface area contributed by atoms with Crippen LogP contribution in [-0.2, 0) is 4.79 Å². The minimum atomic E-state index is -0.851. The van der Waals surface area contributed by atoms with E-state index in [1.54, 1.807) is 4.90 Å². The number of rotatable bonds is 6. The van der Waals surface area contributed by atoms with Gasteiger partial charge in [-0.15, -0.1) is 0 Å². The lowest BCUT2D eigenvalue weighted by Crippen LogP contribution is -2.44. The molecular weight excluding hydrogens is 246 g/mol. The van der Waals surface area contributed by atoms with Gasteiger partial charge in [0, 0.05) is 25.7 Å². The quantitative estimate of drug-likeness (QED) is 0.740. The van der Waals surface area contributed by atoms with Crippen LogP contribution in [-0.4, -0.2) is 66.2 Å². The molecule has 6 nitrogen and oxygen atoms in total. The molecule has 1 saturated carbocycles. The van der Waals surface area contributed by atoms with Crippen molar-refractivity contribution in [2.75, 3.05) is 33.2 Å². The van der Waals surface area contributed by atoms with Crippen LogP contribution in [0.2, 0.25) is 0 Å². The second kappa shape index (κ2) is 6.23. The van der Waals surface area contributed by atoms with Crippen molar-refractivity contribution in [2.24, 2.45) is 5.92 Å². The maximum atomic E-state index is 12.1. The van der Waals surface area contributed by atoms with E-state index >= 15 is 0 Å². The first-order valence-corrected chi connectivity index (χ1v) is 7.01. The van der Waals surface area contributed by atoms with Gasteiger partial charge in [-0.25, -0.2) is 4.79 Å². The van der Waals surface area contributed by atoms with E-state index in [0.717, 1.165) is 32.4 Å². The third-order valence-corrected chi connectivity index (χ3v) is 3.85. The summed E-state index contributed by atoms with van der Waals surface area (Å²) in [5, 5.41) is 11.7. The highest BCUT2D eigenvalue weighted by molar-refractivity contribution is 5.76. The highest BCUT2D eigenvalue weighted by Gasteiger charge is 2.33. The van der Waals surface area contributed by atoms with Crippen molar-refractivity contribution >= 4 is 12.0 Å². The van der Waals surface area contributed by atoms with Gasteiger partial charge in [0.25, 0.3) is 0 Å². The fourth-order valence-electron chi connectivity index (χ4n) is 2.58. The zero-order valence-corrected chi connectivity index (χ0v) is 11.5. The summed E-state index contributed by atoms with van der Waals surface area (Å²) >= 11 is 0. The Morgan fingerprint density at radius 2 is 2.11 bits per heavy atom. The van der Waals surface area contributed by atoms with E-state index in [1.807, 2.05) is 0 Å². The lowest BCUT2D eigenvalue weighted by atomic mass is 10.1. The number of carboxylic acids is 1. The molecule has 108 valence electrons. The van der Waals surface area contributed by atoms with Crippen LogP contribution in [0.4, 0.5) is 4.79 Å². The third-order valence-electron chi connectivity index (χ3n) is 3.85. The third kappa shape index (κ3) is 4.38. The molecule has 0 aromatic rings. The van der Waals surface area contributed by atoms with E-state index < -0.39 is 5.97 Å². The van der Waals surface area contributed by atoms with Crippen LogP contribution in [0.5, 0.6) is 0 Å². The lowest BCUT2D eigenvalue weighted by Gasteiger charge is -2.23. The Balaban J connectivity index is 1.74. The molecule has 1 saturated heterocycles. The second-order valence-corrected chi connectivity index (χ2v) is 5.67. The first-order chi connectivity index (χ1) is 9.06. The van der Waals surface area contributed by atoms with E-state index in [4.69, 9.17) is 5.11 Å². The zero-order chi connectivity index (χ0) is 13.8.